The number of aromatic nitrogens is 1. The van der Waals surface area contributed by atoms with Crippen molar-refractivity contribution in [3.8, 4) is 44.5 Å². The molecule has 0 bridgehead atoms. The molecule has 0 fully saturated rings. The van der Waals surface area contributed by atoms with Crippen molar-refractivity contribution in [2.45, 2.75) is 0 Å². The Labute approximate surface area is 298 Å². The van der Waals surface area contributed by atoms with Crippen LogP contribution in [0.2, 0.25) is 0 Å². The van der Waals surface area contributed by atoms with Crippen molar-refractivity contribution in [1.82, 2.24) is 4.98 Å². The lowest BCUT2D eigenvalue weighted by molar-refractivity contribution is 1.19. The summed E-state index contributed by atoms with van der Waals surface area (Å²) < 4.78 is 0. The topological polar surface area (TPSA) is 16.1 Å². The van der Waals surface area contributed by atoms with Gasteiger partial charge in [0.15, 0.2) is 0 Å². The maximum Gasteiger partial charge on any atom is 0.137 e. The minimum Gasteiger partial charge on any atom is -0.294 e. The van der Waals surface area contributed by atoms with Gasteiger partial charge >= 0.3 is 0 Å². The molecule has 0 atom stereocenters. The Morgan fingerprint density at radius 1 is 0.314 bits per heavy atom. The highest BCUT2D eigenvalue weighted by molar-refractivity contribution is 6.22. The Hall–Kier alpha value is -6.77. The van der Waals surface area contributed by atoms with Crippen LogP contribution in [0, 0.1) is 0 Å². The molecule has 1 heterocycles. The molecule has 0 radical (unpaired) electrons. The first-order chi connectivity index (χ1) is 25.3. The number of rotatable bonds is 7. The summed E-state index contributed by atoms with van der Waals surface area (Å²) in [6, 6.07) is 71.6. The molecule has 0 N–H and O–H groups in total. The SMILES string of the molecule is c1ccc(-c2cc(-c3ccccc3)cc(-c3c4ccccc4c(N(c4cccc(-c5ccccc5)c4)c4ccccn4)c4ccccc34)c2)cc1. The lowest BCUT2D eigenvalue weighted by atomic mass is 9.87. The molecule has 0 aliphatic heterocycles. The summed E-state index contributed by atoms with van der Waals surface area (Å²) in [5, 5.41) is 4.70. The highest BCUT2D eigenvalue weighted by atomic mass is 15.2. The maximum atomic E-state index is 4.94. The number of anilines is 3. The van der Waals surface area contributed by atoms with Crippen LogP contribution in [0.1, 0.15) is 0 Å². The van der Waals surface area contributed by atoms with Crippen LogP contribution in [0.3, 0.4) is 0 Å². The van der Waals surface area contributed by atoms with Crippen LogP contribution in [0.15, 0.2) is 206 Å². The van der Waals surface area contributed by atoms with Crippen LogP contribution in [0.4, 0.5) is 17.2 Å². The van der Waals surface area contributed by atoms with E-state index in [1.165, 1.54) is 49.7 Å². The molecule has 0 spiro atoms. The highest BCUT2D eigenvalue weighted by Crippen LogP contribution is 2.48. The van der Waals surface area contributed by atoms with Crippen molar-refractivity contribution in [2.75, 3.05) is 4.90 Å². The number of nitrogens with zero attached hydrogens (tertiary/aromatic N) is 2. The van der Waals surface area contributed by atoms with E-state index in [1.54, 1.807) is 0 Å². The fourth-order valence-corrected chi connectivity index (χ4v) is 7.34. The van der Waals surface area contributed by atoms with Gasteiger partial charge in [0.25, 0.3) is 0 Å². The molecule has 1 aromatic heterocycles. The zero-order valence-corrected chi connectivity index (χ0v) is 28.0. The first kappa shape index (κ1) is 30.3. The predicted octanol–water partition coefficient (Wildman–Crippen LogP) is 13.5. The van der Waals surface area contributed by atoms with Crippen molar-refractivity contribution >= 4 is 38.7 Å². The van der Waals surface area contributed by atoms with E-state index in [9.17, 15) is 0 Å². The second kappa shape index (κ2) is 13.3. The summed E-state index contributed by atoms with van der Waals surface area (Å²) in [4.78, 5) is 7.27. The van der Waals surface area contributed by atoms with Crippen molar-refractivity contribution in [3.05, 3.63) is 206 Å². The molecular formula is C49H34N2. The third-order valence-corrected chi connectivity index (χ3v) is 9.65. The molecule has 51 heavy (non-hydrogen) atoms. The Balaban J connectivity index is 1.35. The zero-order chi connectivity index (χ0) is 34.0. The third kappa shape index (κ3) is 5.73. The van der Waals surface area contributed by atoms with Gasteiger partial charge in [-0.15, -0.1) is 0 Å². The number of benzene rings is 8. The number of pyridine rings is 1. The quantitative estimate of drug-likeness (QED) is 0.160. The van der Waals surface area contributed by atoms with Crippen LogP contribution < -0.4 is 4.90 Å². The van der Waals surface area contributed by atoms with Gasteiger partial charge in [-0.2, -0.15) is 0 Å². The molecule has 0 unspecified atom stereocenters. The van der Waals surface area contributed by atoms with Gasteiger partial charge in [0.1, 0.15) is 5.82 Å². The molecule has 0 saturated carbocycles. The molecule has 2 nitrogen and oxygen atoms in total. The standard InChI is InChI=1S/C49H34N2/c1-4-17-35(18-5-1)38-23-16-24-42(34-38)51(47-29-14-15-30-50-47)49-45-27-12-10-25-43(45)48(44-26-11-13-28-46(44)49)41-32-39(36-19-6-2-7-20-36)31-40(33-41)37-21-8-3-9-22-37/h1-34H. The van der Waals surface area contributed by atoms with Gasteiger partial charge in [-0.05, 0) is 97.7 Å². The minimum atomic E-state index is 0.864. The second-order valence-corrected chi connectivity index (χ2v) is 12.8. The second-order valence-electron chi connectivity index (χ2n) is 12.8. The average molecular weight is 651 g/mol. The summed E-state index contributed by atoms with van der Waals surface area (Å²) in [5.74, 6) is 0.864. The Bertz CT molecular complexity index is 2500. The third-order valence-electron chi connectivity index (χ3n) is 9.65. The highest BCUT2D eigenvalue weighted by Gasteiger charge is 2.23. The van der Waals surface area contributed by atoms with Gasteiger partial charge in [0, 0.05) is 22.7 Å². The van der Waals surface area contributed by atoms with E-state index in [-0.39, 0.29) is 0 Å². The number of fused-ring (bicyclic) bond motifs is 2. The fourth-order valence-electron chi connectivity index (χ4n) is 7.34. The van der Waals surface area contributed by atoms with Gasteiger partial charge in [0.05, 0.1) is 5.69 Å². The van der Waals surface area contributed by atoms with E-state index < -0.39 is 0 Å². The summed E-state index contributed by atoms with van der Waals surface area (Å²) in [5.41, 5.74) is 11.7. The largest absolute Gasteiger partial charge is 0.294 e. The van der Waals surface area contributed by atoms with Gasteiger partial charge in [0.2, 0.25) is 0 Å². The molecule has 0 aliphatic rings. The Morgan fingerprint density at radius 2 is 0.765 bits per heavy atom. The van der Waals surface area contributed by atoms with Crippen LogP contribution in [0.25, 0.3) is 66.1 Å². The molecule has 9 aromatic rings. The van der Waals surface area contributed by atoms with Crippen LogP contribution in [-0.2, 0) is 0 Å². The van der Waals surface area contributed by atoms with E-state index >= 15 is 0 Å². The molecule has 240 valence electrons. The zero-order valence-electron chi connectivity index (χ0n) is 28.0. The molecule has 0 saturated heterocycles. The molecule has 2 heteroatoms. The van der Waals surface area contributed by atoms with E-state index in [4.69, 9.17) is 4.98 Å². The lowest BCUT2D eigenvalue weighted by Gasteiger charge is -2.29. The summed E-state index contributed by atoms with van der Waals surface area (Å²) in [7, 11) is 0. The smallest absolute Gasteiger partial charge is 0.137 e. The van der Waals surface area contributed by atoms with Crippen molar-refractivity contribution < 1.29 is 0 Å². The number of hydrogen-bond donors (Lipinski definition) is 0. The first-order valence-electron chi connectivity index (χ1n) is 17.4. The van der Waals surface area contributed by atoms with Crippen molar-refractivity contribution in [2.24, 2.45) is 0 Å². The molecule has 0 amide bonds. The van der Waals surface area contributed by atoms with Gasteiger partial charge in [-0.25, -0.2) is 4.98 Å². The summed E-state index contributed by atoms with van der Waals surface area (Å²) in [6.45, 7) is 0. The lowest BCUT2D eigenvalue weighted by Crippen LogP contribution is -2.13. The van der Waals surface area contributed by atoms with Crippen LogP contribution in [0.5, 0.6) is 0 Å². The van der Waals surface area contributed by atoms with E-state index in [0.29, 0.717) is 0 Å². The molecule has 8 aromatic carbocycles. The normalized spacial score (nSPS) is 11.1. The first-order valence-corrected chi connectivity index (χ1v) is 17.4. The minimum absolute atomic E-state index is 0.864. The van der Waals surface area contributed by atoms with Crippen LogP contribution >= 0.6 is 0 Å². The summed E-state index contributed by atoms with van der Waals surface area (Å²) in [6.07, 6.45) is 1.88. The van der Waals surface area contributed by atoms with E-state index in [1.807, 2.05) is 12.3 Å². The van der Waals surface area contributed by atoms with Gasteiger partial charge in [-0.3, -0.25) is 4.90 Å². The van der Waals surface area contributed by atoms with E-state index in [2.05, 4.69) is 199 Å². The Morgan fingerprint density at radius 3 is 1.29 bits per heavy atom. The molecule has 9 rings (SSSR count). The molecular weight excluding hydrogens is 617 g/mol. The number of hydrogen-bond acceptors (Lipinski definition) is 2. The summed E-state index contributed by atoms with van der Waals surface area (Å²) >= 11 is 0. The average Bonchev–Trinajstić information content (AvgIpc) is 3.22. The van der Waals surface area contributed by atoms with Gasteiger partial charge < -0.3 is 0 Å². The maximum absolute atomic E-state index is 4.94. The molecule has 0 aliphatic carbocycles. The Kier molecular flexibility index (Phi) is 7.88. The van der Waals surface area contributed by atoms with Crippen molar-refractivity contribution in [1.29, 1.82) is 0 Å². The van der Waals surface area contributed by atoms with Crippen molar-refractivity contribution in [3.63, 3.8) is 0 Å². The predicted molar refractivity (Wildman–Crippen MR) is 216 cm³/mol. The van der Waals surface area contributed by atoms with Gasteiger partial charge in [-0.1, -0.05) is 158 Å². The monoisotopic (exact) mass is 650 g/mol. The van der Waals surface area contributed by atoms with Crippen LogP contribution in [-0.4, -0.2) is 4.98 Å². The van der Waals surface area contributed by atoms with E-state index in [0.717, 1.165) is 33.5 Å². The fraction of sp³-hybridized carbons (Fsp3) is 0.